The molecule has 0 saturated heterocycles. The van der Waals surface area contributed by atoms with Crippen LogP contribution in [0.3, 0.4) is 0 Å². The second-order valence-electron chi connectivity index (χ2n) is 5.11. The summed E-state index contributed by atoms with van der Waals surface area (Å²) >= 11 is 3.46. The van der Waals surface area contributed by atoms with E-state index in [1.807, 2.05) is 12.1 Å². The van der Waals surface area contributed by atoms with Crippen LogP contribution in [-0.2, 0) is 0 Å². The smallest absolute Gasteiger partial charge is 0.120 e. The molecule has 0 aliphatic heterocycles. The lowest BCUT2D eigenvalue weighted by Crippen LogP contribution is -2.10. The van der Waals surface area contributed by atoms with Crippen LogP contribution in [0.15, 0.2) is 40.9 Å². The van der Waals surface area contributed by atoms with Gasteiger partial charge in [-0.15, -0.1) is 0 Å². The second kappa shape index (κ2) is 6.31. The summed E-state index contributed by atoms with van der Waals surface area (Å²) in [6, 6.07) is 12.0. The molecule has 2 aromatic rings. The Morgan fingerprint density at radius 3 is 2.50 bits per heavy atom. The number of hydrogen-bond donors (Lipinski definition) is 2. The van der Waals surface area contributed by atoms with Crippen LogP contribution in [0.4, 0.5) is 5.69 Å². The molecule has 3 heteroatoms. The molecule has 0 aliphatic carbocycles. The van der Waals surface area contributed by atoms with Gasteiger partial charge in [0.05, 0.1) is 6.04 Å². The van der Waals surface area contributed by atoms with E-state index in [1.165, 1.54) is 11.1 Å². The van der Waals surface area contributed by atoms with Crippen molar-refractivity contribution in [1.29, 1.82) is 0 Å². The highest BCUT2D eigenvalue weighted by Crippen LogP contribution is 2.32. The Morgan fingerprint density at radius 1 is 1.10 bits per heavy atom. The molecule has 2 aromatic carbocycles. The van der Waals surface area contributed by atoms with E-state index < -0.39 is 0 Å². The number of benzene rings is 2. The van der Waals surface area contributed by atoms with Gasteiger partial charge in [0.1, 0.15) is 5.75 Å². The number of phenols is 1. The fourth-order valence-electron chi connectivity index (χ4n) is 2.24. The molecular formula is C17H20BrNO. The van der Waals surface area contributed by atoms with Crippen LogP contribution in [0.5, 0.6) is 5.75 Å². The minimum Gasteiger partial charge on any atom is -0.508 e. The van der Waals surface area contributed by atoms with E-state index in [0.717, 1.165) is 22.1 Å². The molecule has 0 bridgehead atoms. The van der Waals surface area contributed by atoms with Crippen LogP contribution in [0.25, 0.3) is 0 Å². The molecule has 0 spiro atoms. The molecule has 0 heterocycles. The van der Waals surface area contributed by atoms with Crippen molar-refractivity contribution in [1.82, 2.24) is 0 Å². The van der Waals surface area contributed by atoms with Gasteiger partial charge in [-0.25, -0.2) is 0 Å². The first-order valence-corrected chi connectivity index (χ1v) is 7.62. The summed E-state index contributed by atoms with van der Waals surface area (Å²) in [5.41, 5.74) is 4.55. The maximum Gasteiger partial charge on any atom is 0.120 e. The van der Waals surface area contributed by atoms with Gasteiger partial charge in [-0.05, 0) is 61.7 Å². The van der Waals surface area contributed by atoms with Crippen molar-refractivity contribution >= 4 is 21.6 Å². The Bertz CT molecular complexity index is 610. The lowest BCUT2D eigenvalue weighted by molar-refractivity contribution is 0.462. The standard InChI is InChI=1S/C17H20BrNO/c1-4-16(15-10-13(18)6-8-17(15)20)19-14-7-5-11(2)12(3)9-14/h5-10,16,19-20H,4H2,1-3H3. The molecule has 1 unspecified atom stereocenters. The molecule has 0 fully saturated rings. The molecule has 106 valence electrons. The molecule has 1 atom stereocenters. The van der Waals surface area contributed by atoms with Crippen LogP contribution in [0.1, 0.15) is 36.1 Å². The maximum absolute atomic E-state index is 10.1. The highest BCUT2D eigenvalue weighted by atomic mass is 79.9. The normalized spacial score (nSPS) is 12.2. The number of aryl methyl sites for hydroxylation is 2. The maximum atomic E-state index is 10.1. The SMILES string of the molecule is CCC(Nc1ccc(C)c(C)c1)c1cc(Br)ccc1O. The third kappa shape index (κ3) is 3.34. The van der Waals surface area contributed by atoms with Gasteiger partial charge >= 0.3 is 0 Å². The van der Waals surface area contributed by atoms with E-state index >= 15 is 0 Å². The van der Waals surface area contributed by atoms with Gasteiger partial charge in [-0.3, -0.25) is 0 Å². The third-order valence-electron chi connectivity index (χ3n) is 3.62. The summed E-state index contributed by atoms with van der Waals surface area (Å²) in [6.45, 7) is 6.33. The Labute approximate surface area is 129 Å². The lowest BCUT2D eigenvalue weighted by atomic mass is 10.0. The van der Waals surface area contributed by atoms with Crippen molar-refractivity contribution in [2.24, 2.45) is 0 Å². The average molecular weight is 334 g/mol. The number of anilines is 1. The number of aromatic hydroxyl groups is 1. The van der Waals surface area contributed by atoms with E-state index in [0.29, 0.717) is 5.75 Å². The van der Waals surface area contributed by atoms with Crippen molar-refractivity contribution in [3.63, 3.8) is 0 Å². The summed E-state index contributed by atoms with van der Waals surface area (Å²) < 4.78 is 0.977. The Morgan fingerprint density at radius 2 is 1.85 bits per heavy atom. The minimum atomic E-state index is 0.0922. The zero-order valence-corrected chi connectivity index (χ0v) is 13.7. The Kier molecular flexibility index (Phi) is 4.71. The number of rotatable bonds is 4. The quantitative estimate of drug-likeness (QED) is 0.791. The molecule has 2 N–H and O–H groups in total. The van der Waals surface area contributed by atoms with E-state index in [4.69, 9.17) is 0 Å². The van der Waals surface area contributed by atoms with Crippen LogP contribution < -0.4 is 5.32 Å². The third-order valence-corrected chi connectivity index (χ3v) is 4.11. The zero-order chi connectivity index (χ0) is 14.7. The van der Waals surface area contributed by atoms with E-state index in [-0.39, 0.29) is 6.04 Å². The fourth-order valence-corrected chi connectivity index (χ4v) is 2.62. The molecule has 20 heavy (non-hydrogen) atoms. The molecule has 2 rings (SSSR count). The number of halogens is 1. The first-order valence-electron chi connectivity index (χ1n) is 6.83. The highest BCUT2D eigenvalue weighted by molar-refractivity contribution is 9.10. The van der Waals surface area contributed by atoms with Crippen molar-refractivity contribution in [2.45, 2.75) is 33.2 Å². The molecule has 0 aliphatic rings. The van der Waals surface area contributed by atoms with Gasteiger partial charge in [0.2, 0.25) is 0 Å². The molecule has 0 saturated carbocycles. The zero-order valence-electron chi connectivity index (χ0n) is 12.1. The first-order chi connectivity index (χ1) is 9.51. The predicted octanol–water partition coefficient (Wildman–Crippen LogP) is 5.33. The molecule has 0 aromatic heterocycles. The topological polar surface area (TPSA) is 32.3 Å². The summed E-state index contributed by atoms with van der Waals surface area (Å²) in [6.07, 6.45) is 0.900. The van der Waals surface area contributed by atoms with Crippen LogP contribution >= 0.6 is 15.9 Å². The van der Waals surface area contributed by atoms with Gasteiger partial charge in [-0.2, -0.15) is 0 Å². The number of nitrogens with one attached hydrogen (secondary N) is 1. The minimum absolute atomic E-state index is 0.0922. The Balaban J connectivity index is 2.28. The summed E-state index contributed by atoms with van der Waals surface area (Å²) in [4.78, 5) is 0. The summed E-state index contributed by atoms with van der Waals surface area (Å²) in [7, 11) is 0. The van der Waals surface area contributed by atoms with Crippen LogP contribution in [-0.4, -0.2) is 5.11 Å². The largest absolute Gasteiger partial charge is 0.508 e. The van der Waals surface area contributed by atoms with E-state index in [2.05, 4.69) is 60.2 Å². The van der Waals surface area contributed by atoms with Crippen molar-refractivity contribution < 1.29 is 5.11 Å². The molecule has 2 nitrogen and oxygen atoms in total. The lowest BCUT2D eigenvalue weighted by Gasteiger charge is -2.20. The average Bonchev–Trinajstić information content (AvgIpc) is 2.43. The number of hydrogen-bond acceptors (Lipinski definition) is 2. The summed E-state index contributed by atoms with van der Waals surface area (Å²) in [5, 5.41) is 13.6. The molecule has 0 amide bonds. The van der Waals surface area contributed by atoms with Gasteiger partial charge in [0, 0.05) is 15.7 Å². The molecular weight excluding hydrogens is 314 g/mol. The monoisotopic (exact) mass is 333 g/mol. The van der Waals surface area contributed by atoms with Crippen molar-refractivity contribution in [2.75, 3.05) is 5.32 Å². The van der Waals surface area contributed by atoms with E-state index in [9.17, 15) is 5.11 Å². The van der Waals surface area contributed by atoms with Gasteiger partial charge in [0.25, 0.3) is 0 Å². The predicted molar refractivity (Wildman–Crippen MR) is 88.4 cm³/mol. The van der Waals surface area contributed by atoms with Crippen molar-refractivity contribution in [3.05, 3.63) is 57.6 Å². The summed E-state index contributed by atoms with van der Waals surface area (Å²) in [5.74, 6) is 0.330. The van der Waals surface area contributed by atoms with Crippen LogP contribution in [0, 0.1) is 13.8 Å². The fraction of sp³-hybridized carbons (Fsp3) is 0.294. The first kappa shape index (κ1) is 14.9. The van der Waals surface area contributed by atoms with E-state index in [1.54, 1.807) is 6.07 Å². The van der Waals surface area contributed by atoms with Crippen molar-refractivity contribution in [3.8, 4) is 5.75 Å². The van der Waals surface area contributed by atoms with Crippen LogP contribution in [0.2, 0.25) is 0 Å². The Hall–Kier alpha value is -1.48. The van der Waals surface area contributed by atoms with Gasteiger partial charge < -0.3 is 10.4 Å². The molecule has 0 radical (unpaired) electrons. The van der Waals surface area contributed by atoms with Gasteiger partial charge in [-0.1, -0.05) is 28.9 Å². The number of phenolic OH excluding ortho intramolecular Hbond substituents is 1. The highest BCUT2D eigenvalue weighted by Gasteiger charge is 2.14. The second-order valence-corrected chi connectivity index (χ2v) is 6.02. The van der Waals surface area contributed by atoms with Gasteiger partial charge in [0.15, 0.2) is 0 Å².